The van der Waals surface area contributed by atoms with Crippen LogP contribution in [-0.4, -0.2) is 12.7 Å². The maximum absolute atomic E-state index is 10.7. The molecule has 2 N–H and O–H groups in total. The lowest BCUT2D eigenvalue weighted by Crippen LogP contribution is -2.10. The van der Waals surface area contributed by atoms with Crippen LogP contribution in [0.3, 0.4) is 0 Å². The molecular weight excluding hydrogens is 194 g/mol. The van der Waals surface area contributed by atoms with Gasteiger partial charge in [0.15, 0.2) is 11.5 Å². The predicted octanol–water partition coefficient (Wildman–Crippen LogP) is 1.93. The molecular formula is C11H15NO3. The maximum atomic E-state index is 10.7. The number of primary amides is 1. The smallest absolute Gasteiger partial charge is 0.248 e. The molecule has 1 aliphatic heterocycles. The molecule has 0 fully saturated rings. The van der Waals surface area contributed by atoms with Gasteiger partial charge in [-0.3, -0.25) is 4.79 Å². The van der Waals surface area contributed by atoms with E-state index < -0.39 is 5.91 Å². The number of amides is 1. The van der Waals surface area contributed by atoms with E-state index in [0.29, 0.717) is 17.1 Å². The monoisotopic (exact) mass is 209 g/mol. The second-order valence-corrected chi connectivity index (χ2v) is 3.14. The highest BCUT2D eigenvalue weighted by atomic mass is 16.7. The molecule has 15 heavy (non-hydrogen) atoms. The summed E-state index contributed by atoms with van der Waals surface area (Å²) < 4.78 is 10.1. The summed E-state index contributed by atoms with van der Waals surface area (Å²) in [6.07, 6.45) is 1.25. The number of benzene rings is 1. The Labute approximate surface area is 89.0 Å². The van der Waals surface area contributed by atoms with Gasteiger partial charge in [-0.05, 0) is 18.2 Å². The number of hydrogen-bond donors (Lipinski definition) is 1. The average Bonchev–Trinajstić information content (AvgIpc) is 2.65. The molecule has 2 rings (SSSR count). The van der Waals surface area contributed by atoms with Gasteiger partial charge in [0.1, 0.15) is 0 Å². The Balaban J connectivity index is 0.000000337. The second kappa shape index (κ2) is 5.24. The van der Waals surface area contributed by atoms with Gasteiger partial charge in [0.05, 0.1) is 0 Å². The van der Waals surface area contributed by atoms with Gasteiger partial charge >= 0.3 is 0 Å². The van der Waals surface area contributed by atoms with Crippen LogP contribution in [0.25, 0.3) is 0 Å². The van der Waals surface area contributed by atoms with Crippen LogP contribution in [0.5, 0.6) is 11.5 Å². The van der Waals surface area contributed by atoms with Gasteiger partial charge in [-0.25, -0.2) is 0 Å². The van der Waals surface area contributed by atoms with Crippen molar-refractivity contribution in [3.05, 3.63) is 23.8 Å². The third-order valence-electron chi connectivity index (χ3n) is 1.66. The number of hydrogen-bond acceptors (Lipinski definition) is 3. The van der Waals surface area contributed by atoms with Gasteiger partial charge in [-0.1, -0.05) is 20.3 Å². The molecule has 82 valence electrons. The fourth-order valence-corrected chi connectivity index (χ4v) is 1.05. The summed E-state index contributed by atoms with van der Waals surface area (Å²) in [7, 11) is 0. The van der Waals surface area contributed by atoms with Crippen molar-refractivity contribution in [1.29, 1.82) is 0 Å². The van der Waals surface area contributed by atoms with Crippen molar-refractivity contribution in [2.75, 3.05) is 6.79 Å². The van der Waals surface area contributed by atoms with E-state index in [2.05, 4.69) is 13.8 Å². The number of rotatable bonds is 1. The quantitative estimate of drug-likeness (QED) is 0.768. The number of ether oxygens (including phenoxy) is 2. The lowest BCUT2D eigenvalue weighted by atomic mass is 10.2. The van der Waals surface area contributed by atoms with E-state index in [1.807, 2.05) is 0 Å². The topological polar surface area (TPSA) is 61.6 Å². The minimum absolute atomic E-state index is 0.206. The highest BCUT2D eigenvalue weighted by Crippen LogP contribution is 2.32. The molecule has 1 aromatic carbocycles. The zero-order valence-electron chi connectivity index (χ0n) is 8.95. The molecule has 0 bridgehead atoms. The first-order valence-electron chi connectivity index (χ1n) is 4.88. The summed E-state index contributed by atoms with van der Waals surface area (Å²) in [5.74, 6) is 0.764. The van der Waals surface area contributed by atoms with Gasteiger partial charge in [-0.15, -0.1) is 0 Å². The Kier molecular flexibility index (Phi) is 3.97. The lowest BCUT2D eigenvalue weighted by Gasteiger charge is -1.97. The molecule has 1 amide bonds. The Morgan fingerprint density at radius 2 is 1.93 bits per heavy atom. The summed E-state index contributed by atoms with van der Waals surface area (Å²) in [4.78, 5) is 10.7. The van der Waals surface area contributed by atoms with Crippen molar-refractivity contribution in [2.45, 2.75) is 20.3 Å². The molecule has 4 heteroatoms. The standard InChI is InChI=1S/C8H7NO3.C3H8/c9-8(10)5-1-2-6-7(3-5)12-4-11-6;1-3-2/h1-3H,4H2,(H2,9,10);3H2,1-2H3. The van der Waals surface area contributed by atoms with E-state index in [1.54, 1.807) is 18.2 Å². The molecule has 0 spiro atoms. The van der Waals surface area contributed by atoms with Crippen LogP contribution in [-0.2, 0) is 0 Å². The molecule has 1 aliphatic rings. The van der Waals surface area contributed by atoms with Crippen molar-refractivity contribution < 1.29 is 14.3 Å². The first-order chi connectivity index (χ1) is 7.19. The summed E-state index contributed by atoms with van der Waals surface area (Å²) in [5, 5.41) is 0. The predicted molar refractivity (Wildman–Crippen MR) is 57.0 cm³/mol. The van der Waals surface area contributed by atoms with Crippen molar-refractivity contribution in [3.8, 4) is 11.5 Å². The molecule has 0 atom stereocenters. The molecule has 4 nitrogen and oxygen atoms in total. The Morgan fingerprint density at radius 1 is 1.33 bits per heavy atom. The van der Waals surface area contributed by atoms with E-state index in [1.165, 1.54) is 6.42 Å². The first-order valence-corrected chi connectivity index (χ1v) is 4.88. The van der Waals surface area contributed by atoms with Crippen molar-refractivity contribution in [2.24, 2.45) is 5.73 Å². The summed E-state index contributed by atoms with van der Waals surface area (Å²) >= 11 is 0. The van der Waals surface area contributed by atoms with E-state index >= 15 is 0 Å². The van der Waals surface area contributed by atoms with Crippen LogP contribution in [0.2, 0.25) is 0 Å². The Bertz CT molecular complexity index is 350. The fraction of sp³-hybridized carbons (Fsp3) is 0.364. The summed E-state index contributed by atoms with van der Waals surface area (Å²) in [6.45, 7) is 4.46. The normalized spacial score (nSPS) is 11.6. The van der Waals surface area contributed by atoms with Gasteiger partial charge in [0.2, 0.25) is 12.7 Å². The van der Waals surface area contributed by atoms with E-state index in [9.17, 15) is 4.79 Å². The molecule has 0 aromatic heterocycles. The first kappa shape index (κ1) is 11.4. The summed E-state index contributed by atoms with van der Waals surface area (Å²) in [5.41, 5.74) is 5.50. The summed E-state index contributed by atoms with van der Waals surface area (Å²) in [6, 6.07) is 4.85. The molecule has 1 heterocycles. The minimum atomic E-state index is -0.465. The van der Waals surface area contributed by atoms with Gasteiger partial charge in [-0.2, -0.15) is 0 Å². The van der Waals surface area contributed by atoms with Crippen LogP contribution >= 0.6 is 0 Å². The molecule has 0 radical (unpaired) electrons. The lowest BCUT2D eigenvalue weighted by molar-refractivity contribution is 0.1000. The Hall–Kier alpha value is -1.71. The second-order valence-electron chi connectivity index (χ2n) is 3.14. The van der Waals surface area contributed by atoms with Gasteiger partial charge < -0.3 is 15.2 Å². The molecule has 0 saturated carbocycles. The Morgan fingerprint density at radius 3 is 2.53 bits per heavy atom. The molecule has 1 aromatic rings. The van der Waals surface area contributed by atoms with Crippen molar-refractivity contribution in [3.63, 3.8) is 0 Å². The molecule has 0 unspecified atom stereocenters. The average molecular weight is 209 g/mol. The van der Waals surface area contributed by atoms with Gasteiger partial charge in [0, 0.05) is 5.56 Å². The van der Waals surface area contributed by atoms with Crippen LogP contribution in [0.4, 0.5) is 0 Å². The number of carbonyl (C=O) groups excluding carboxylic acids is 1. The van der Waals surface area contributed by atoms with Crippen LogP contribution in [0.1, 0.15) is 30.6 Å². The largest absolute Gasteiger partial charge is 0.454 e. The third kappa shape index (κ3) is 2.87. The SMILES string of the molecule is CCC.NC(=O)c1ccc2c(c1)OCO2. The minimum Gasteiger partial charge on any atom is -0.454 e. The van der Waals surface area contributed by atoms with Crippen LogP contribution in [0.15, 0.2) is 18.2 Å². The maximum Gasteiger partial charge on any atom is 0.248 e. The highest BCUT2D eigenvalue weighted by Gasteiger charge is 2.14. The van der Waals surface area contributed by atoms with Gasteiger partial charge in [0.25, 0.3) is 0 Å². The van der Waals surface area contributed by atoms with E-state index in [4.69, 9.17) is 15.2 Å². The molecule has 0 aliphatic carbocycles. The zero-order chi connectivity index (χ0) is 11.3. The van der Waals surface area contributed by atoms with E-state index in [-0.39, 0.29) is 6.79 Å². The fourth-order valence-electron chi connectivity index (χ4n) is 1.05. The van der Waals surface area contributed by atoms with Crippen molar-refractivity contribution in [1.82, 2.24) is 0 Å². The number of carbonyl (C=O) groups is 1. The number of nitrogens with two attached hydrogens (primary N) is 1. The third-order valence-corrected chi connectivity index (χ3v) is 1.66. The number of fused-ring (bicyclic) bond motifs is 1. The van der Waals surface area contributed by atoms with Crippen LogP contribution in [0, 0.1) is 0 Å². The highest BCUT2D eigenvalue weighted by molar-refractivity contribution is 5.93. The van der Waals surface area contributed by atoms with Crippen LogP contribution < -0.4 is 15.2 Å². The van der Waals surface area contributed by atoms with E-state index in [0.717, 1.165) is 0 Å². The molecule has 0 saturated heterocycles. The van der Waals surface area contributed by atoms with Crippen molar-refractivity contribution >= 4 is 5.91 Å². The zero-order valence-corrected chi connectivity index (χ0v) is 8.95.